The van der Waals surface area contributed by atoms with E-state index in [9.17, 15) is 14.4 Å². The Morgan fingerprint density at radius 2 is 1.80 bits per heavy atom. The number of hydrogen-bond acceptors (Lipinski definition) is 6. The molecule has 3 fully saturated rings. The highest BCUT2D eigenvalue weighted by Gasteiger charge is 2.60. The summed E-state index contributed by atoms with van der Waals surface area (Å²) in [6, 6.07) is 12.1. The molecule has 2 aromatic rings. The predicted octanol–water partition coefficient (Wildman–Crippen LogP) is 6.04. The third-order valence-corrected chi connectivity index (χ3v) is 11.4. The maximum absolute atomic E-state index is 14.0. The van der Waals surface area contributed by atoms with E-state index < -0.39 is 0 Å². The summed E-state index contributed by atoms with van der Waals surface area (Å²) in [6.45, 7) is 7.62. The molecule has 3 aliphatic carbocycles. The van der Waals surface area contributed by atoms with Crippen LogP contribution < -0.4 is 15.4 Å². The fraction of sp³-hybridized carbons (Fsp3) is 0.583. The first-order valence-corrected chi connectivity index (χ1v) is 16.4. The van der Waals surface area contributed by atoms with Crippen molar-refractivity contribution in [2.24, 2.45) is 34.5 Å². The molecular formula is C36H46N2O6. The molecular weight excluding hydrogens is 556 g/mol. The molecule has 1 heterocycles. The number of fused-ring (bicyclic) bond motifs is 6. The molecule has 0 spiro atoms. The number of benzene rings is 2. The second-order valence-corrected chi connectivity index (χ2v) is 13.6. The molecule has 236 valence electrons. The molecule has 44 heavy (non-hydrogen) atoms. The molecule has 2 aromatic carbocycles. The molecule has 0 aromatic heterocycles. The predicted molar refractivity (Wildman–Crippen MR) is 169 cm³/mol. The Morgan fingerprint density at radius 1 is 0.977 bits per heavy atom. The summed E-state index contributed by atoms with van der Waals surface area (Å²) in [7, 11) is 0. The van der Waals surface area contributed by atoms with Crippen LogP contribution >= 0.6 is 0 Å². The number of amides is 2. The zero-order chi connectivity index (χ0) is 30.9. The quantitative estimate of drug-likeness (QED) is 0.254. The van der Waals surface area contributed by atoms with E-state index in [1.54, 1.807) is 13.0 Å². The number of ether oxygens (including phenoxy) is 3. The molecule has 0 unspecified atom stereocenters. The van der Waals surface area contributed by atoms with Crippen LogP contribution in [0.15, 0.2) is 48.6 Å². The van der Waals surface area contributed by atoms with Crippen molar-refractivity contribution in [3.05, 3.63) is 48.6 Å². The summed E-state index contributed by atoms with van der Waals surface area (Å²) in [4.78, 5) is 37.5. The molecule has 0 radical (unpaired) electrons. The maximum atomic E-state index is 14.0. The standard InChI is InChI=1S/C36H46N2O6/c1-4-43-33(40)22-42-20-7-21-44-30-11-6-8-23-24(30)9-5-10-29(23)37-34(41)28-14-13-26-25-12-15-31-36(3,19-17-32(39)38-31)27(25)16-18-35(26,28)2/h5-6,8-11,17,19,25-28,31H,4,7,12-16,18,20-22H2,1-3H3,(H,37,41)(H,38,39)/t25-,26-,27-,28+,31+,35-,36+/m0/s1. The summed E-state index contributed by atoms with van der Waals surface area (Å²) in [5.41, 5.74) is 0.786. The zero-order valence-corrected chi connectivity index (χ0v) is 26.2. The van der Waals surface area contributed by atoms with E-state index in [-0.39, 0.29) is 47.2 Å². The van der Waals surface area contributed by atoms with Crippen LogP contribution in [0.25, 0.3) is 10.8 Å². The van der Waals surface area contributed by atoms with Gasteiger partial charge in [-0.25, -0.2) is 4.79 Å². The molecule has 2 amide bonds. The van der Waals surface area contributed by atoms with E-state index in [0.29, 0.717) is 44.0 Å². The average Bonchev–Trinajstić information content (AvgIpc) is 3.37. The van der Waals surface area contributed by atoms with Crippen molar-refractivity contribution >= 4 is 34.2 Å². The van der Waals surface area contributed by atoms with Gasteiger partial charge in [0.05, 0.1) is 19.8 Å². The third-order valence-electron chi connectivity index (χ3n) is 11.4. The third kappa shape index (κ3) is 5.62. The lowest BCUT2D eigenvalue weighted by atomic mass is 9.48. The number of esters is 1. The molecule has 0 bridgehead atoms. The molecule has 2 N–H and O–H groups in total. The molecule has 0 saturated heterocycles. The fourth-order valence-corrected chi connectivity index (χ4v) is 9.20. The Labute approximate surface area is 260 Å². The topological polar surface area (TPSA) is 103 Å². The molecule has 8 heteroatoms. The van der Waals surface area contributed by atoms with Gasteiger partial charge < -0.3 is 24.8 Å². The summed E-state index contributed by atoms with van der Waals surface area (Å²) in [5.74, 6) is 2.18. The summed E-state index contributed by atoms with van der Waals surface area (Å²) in [5, 5.41) is 8.48. The van der Waals surface area contributed by atoms with E-state index >= 15 is 0 Å². The molecule has 3 saturated carbocycles. The summed E-state index contributed by atoms with van der Waals surface area (Å²) >= 11 is 0. The highest BCUT2D eigenvalue weighted by atomic mass is 16.6. The average molecular weight is 603 g/mol. The van der Waals surface area contributed by atoms with Crippen LogP contribution in [0.3, 0.4) is 0 Å². The normalized spacial score (nSPS) is 32.2. The van der Waals surface area contributed by atoms with Crippen LogP contribution in [0.5, 0.6) is 5.75 Å². The monoisotopic (exact) mass is 602 g/mol. The minimum Gasteiger partial charge on any atom is -0.493 e. The van der Waals surface area contributed by atoms with E-state index in [1.165, 1.54) is 0 Å². The molecule has 4 aliphatic rings. The van der Waals surface area contributed by atoms with Crippen LogP contribution in [-0.2, 0) is 23.9 Å². The summed E-state index contributed by atoms with van der Waals surface area (Å²) in [6.07, 6.45) is 10.8. The van der Waals surface area contributed by atoms with Crippen LogP contribution in [0.2, 0.25) is 0 Å². The molecule has 6 rings (SSSR count). The van der Waals surface area contributed by atoms with Crippen LogP contribution in [-0.4, -0.2) is 50.3 Å². The van der Waals surface area contributed by atoms with Crippen molar-refractivity contribution in [3.63, 3.8) is 0 Å². The number of hydrogen-bond donors (Lipinski definition) is 2. The van der Waals surface area contributed by atoms with Crippen LogP contribution in [0, 0.1) is 34.5 Å². The SMILES string of the molecule is CCOC(=O)COCCCOc1cccc2c(NC(=O)[C@H]3CC[C@H]4[C@@H]5CC[C@H]6NC(=O)C=C[C@]6(C)[C@H]5CC[C@]34C)cccc12. The second kappa shape index (κ2) is 12.5. The van der Waals surface area contributed by atoms with Gasteiger partial charge in [0.25, 0.3) is 0 Å². The Kier molecular flexibility index (Phi) is 8.73. The van der Waals surface area contributed by atoms with E-state index in [0.717, 1.165) is 60.7 Å². The molecule has 1 aliphatic heterocycles. The lowest BCUT2D eigenvalue weighted by molar-refractivity contribution is -0.148. The largest absolute Gasteiger partial charge is 0.493 e. The highest BCUT2D eigenvalue weighted by molar-refractivity contribution is 6.04. The first-order valence-electron chi connectivity index (χ1n) is 16.4. The van der Waals surface area contributed by atoms with Crippen molar-refractivity contribution < 1.29 is 28.6 Å². The Hall–Kier alpha value is -3.39. The van der Waals surface area contributed by atoms with Gasteiger partial charge in [0.2, 0.25) is 11.8 Å². The first-order chi connectivity index (χ1) is 21.2. The lowest BCUT2D eigenvalue weighted by Gasteiger charge is -2.58. The van der Waals surface area contributed by atoms with Crippen molar-refractivity contribution in [1.82, 2.24) is 5.32 Å². The Morgan fingerprint density at radius 3 is 2.64 bits per heavy atom. The number of anilines is 1. The smallest absolute Gasteiger partial charge is 0.332 e. The highest BCUT2D eigenvalue weighted by Crippen LogP contribution is 2.65. The minimum atomic E-state index is -0.360. The minimum absolute atomic E-state index is 0.00308. The number of carbonyl (C=O) groups excluding carboxylic acids is 3. The number of carbonyl (C=O) groups is 3. The summed E-state index contributed by atoms with van der Waals surface area (Å²) < 4.78 is 16.3. The van der Waals surface area contributed by atoms with E-state index in [2.05, 4.69) is 30.6 Å². The van der Waals surface area contributed by atoms with Gasteiger partial charge >= 0.3 is 5.97 Å². The van der Waals surface area contributed by atoms with Gasteiger partial charge in [-0.1, -0.05) is 44.2 Å². The van der Waals surface area contributed by atoms with Crippen molar-refractivity contribution in [2.45, 2.75) is 71.8 Å². The Bertz CT molecular complexity index is 1440. The second-order valence-electron chi connectivity index (χ2n) is 13.6. The molecule has 7 atom stereocenters. The maximum Gasteiger partial charge on any atom is 0.332 e. The van der Waals surface area contributed by atoms with Gasteiger partial charge in [0.1, 0.15) is 12.4 Å². The lowest BCUT2D eigenvalue weighted by Crippen LogP contribution is -2.59. The number of nitrogens with one attached hydrogen (secondary N) is 2. The van der Waals surface area contributed by atoms with E-state index in [4.69, 9.17) is 14.2 Å². The molecule has 8 nitrogen and oxygen atoms in total. The first kappa shape index (κ1) is 30.6. The van der Waals surface area contributed by atoms with Gasteiger partial charge in [0, 0.05) is 40.3 Å². The fourth-order valence-electron chi connectivity index (χ4n) is 9.20. The van der Waals surface area contributed by atoms with Crippen LogP contribution in [0.4, 0.5) is 5.69 Å². The van der Waals surface area contributed by atoms with Gasteiger partial charge in [-0.3, -0.25) is 9.59 Å². The van der Waals surface area contributed by atoms with E-state index in [1.807, 2.05) is 36.4 Å². The Balaban J connectivity index is 1.10. The van der Waals surface area contributed by atoms with Gasteiger partial charge in [-0.2, -0.15) is 0 Å². The van der Waals surface area contributed by atoms with Crippen molar-refractivity contribution in [2.75, 3.05) is 31.7 Å². The van der Waals surface area contributed by atoms with Crippen LogP contribution in [0.1, 0.15) is 65.7 Å². The number of rotatable bonds is 10. The van der Waals surface area contributed by atoms with Gasteiger partial charge in [0.15, 0.2) is 0 Å². The van der Waals surface area contributed by atoms with Crippen molar-refractivity contribution in [1.29, 1.82) is 0 Å². The van der Waals surface area contributed by atoms with Gasteiger partial charge in [-0.05, 0) is 86.8 Å². The van der Waals surface area contributed by atoms with Gasteiger partial charge in [-0.15, -0.1) is 0 Å². The zero-order valence-electron chi connectivity index (χ0n) is 26.2. The van der Waals surface area contributed by atoms with Crippen molar-refractivity contribution in [3.8, 4) is 5.75 Å².